The number of rotatable bonds is 6. The van der Waals surface area contributed by atoms with E-state index in [4.69, 9.17) is 9.84 Å². The molecule has 1 heterocycles. The van der Waals surface area contributed by atoms with Gasteiger partial charge in [0.1, 0.15) is 5.92 Å². The van der Waals surface area contributed by atoms with Gasteiger partial charge in [0.05, 0.1) is 19.3 Å². The molecule has 1 fully saturated rings. The molecule has 116 valence electrons. The number of ether oxygens (including phenoxy) is 1. The standard InChI is InChI=1S/C12H22N2O5S/c1-4-14(10-7-19-6-9(10)11(15)16)12(17)13-5-8(2)20(3)18/h8-10H,4-7H2,1-3H3,(H,13,17)(H,15,16). The van der Waals surface area contributed by atoms with Crippen molar-refractivity contribution in [3.8, 4) is 0 Å². The average Bonchev–Trinajstić information content (AvgIpc) is 2.85. The first-order chi connectivity index (χ1) is 9.38. The van der Waals surface area contributed by atoms with Crippen LogP contribution < -0.4 is 5.32 Å². The number of nitrogens with one attached hydrogen (secondary N) is 1. The Bertz CT molecular complexity index is 390. The van der Waals surface area contributed by atoms with E-state index in [0.29, 0.717) is 13.1 Å². The van der Waals surface area contributed by atoms with Crippen LogP contribution in [0.4, 0.5) is 4.79 Å². The van der Waals surface area contributed by atoms with E-state index in [2.05, 4.69) is 5.32 Å². The Labute approximate surface area is 121 Å². The Morgan fingerprint density at radius 3 is 2.65 bits per heavy atom. The molecule has 0 radical (unpaired) electrons. The van der Waals surface area contributed by atoms with Gasteiger partial charge in [0, 0.05) is 35.4 Å². The van der Waals surface area contributed by atoms with Gasteiger partial charge >= 0.3 is 12.0 Å². The van der Waals surface area contributed by atoms with Crippen LogP contribution in [-0.4, -0.2) is 70.1 Å². The monoisotopic (exact) mass is 306 g/mol. The van der Waals surface area contributed by atoms with E-state index in [9.17, 15) is 13.8 Å². The highest BCUT2D eigenvalue weighted by Crippen LogP contribution is 2.20. The van der Waals surface area contributed by atoms with Gasteiger partial charge in [0.15, 0.2) is 0 Å². The summed E-state index contributed by atoms with van der Waals surface area (Å²) in [6.45, 7) is 4.62. The molecule has 0 saturated carbocycles. The molecule has 0 spiro atoms. The summed E-state index contributed by atoms with van der Waals surface area (Å²) in [5, 5.41) is 11.7. The van der Waals surface area contributed by atoms with Gasteiger partial charge in [-0.25, -0.2) is 4.79 Å². The molecule has 7 nitrogen and oxygen atoms in total. The molecule has 4 unspecified atom stereocenters. The van der Waals surface area contributed by atoms with Gasteiger partial charge in [-0.2, -0.15) is 0 Å². The van der Waals surface area contributed by atoms with E-state index in [-0.39, 0.29) is 24.5 Å². The van der Waals surface area contributed by atoms with Crippen LogP contribution >= 0.6 is 0 Å². The van der Waals surface area contributed by atoms with Crippen molar-refractivity contribution >= 4 is 22.8 Å². The Hall–Kier alpha value is -1.15. The maximum absolute atomic E-state index is 12.1. The van der Waals surface area contributed by atoms with Crippen LogP contribution in [0, 0.1) is 5.92 Å². The normalized spacial score (nSPS) is 24.9. The molecule has 1 aliphatic rings. The molecular weight excluding hydrogens is 284 g/mol. The zero-order chi connectivity index (χ0) is 15.3. The van der Waals surface area contributed by atoms with Gasteiger partial charge in [0.25, 0.3) is 0 Å². The molecule has 1 saturated heterocycles. The first-order valence-electron chi connectivity index (χ1n) is 6.55. The minimum absolute atomic E-state index is 0.124. The molecule has 0 aliphatic carbocycles. The summed E-state index contributed by atoms with van der Waals surface area (Å²) in [6.07, 6.45) is 1.58. The van der Waals surface area contributed by atoms with E-state index in [1.807, 2.05) is 0 Å². The van der Waals surface area contributed by atoms with Crippen LogP contribution in [0.3, 0.4) is 0 Å². The van der Waals surface area contributed by atoms with Crippen molar-refractivity contribution in [2.75, 3.05) is 32.6 Å². The number of carboxylic acids is 1. The molecule has 1 rings (SSSR count). The highest BCUT2D eigenvalue weighted by molar-refractivity contribution is 7.84. The summed E-state index contributed by atoms with van der Waals surface area (Å²) in [4.78, 5) is 24.7. The summed E-state index contributed by atoms with van der Waals surface area (Å²) in [6, 6.07) is -0.800. The van der Waals surface area contributed by atoms with Crippen LogP contribution in [0.1, 0.15) is 13.8 Å². The first-order valence-corrected chi connectivity index (χ1v) is 8.17. The highest BCUT2D eigenvalue weighted by Gasteiger charge is 2.39. The summed E-state index contributed by atoms with van der Waals surface area (Å²) < 4.78 is 16.4. The quantitative estimate of drug-likeness (QED) is 0.713. The highest BCUT2D eigenvalue weighted by atomic mass is 32.2. The zero-order valence-electron chi connectivity index (χ0n) is 12.0. The van der Waals surface area contributed by atoms with Gasteiger partial charge in [-0.15, -0.1) is 0 Å². The summed E-state index contributed by atoms with van der Waals surface area (Å²) in [5.41, 5.74) is 0. The van der Waals surface area contributed by atoms with Gasteiger partial charge < -0.3 is 20.1 Å². The van der Waals surface area contributed by atoms with Crippen molar-refractivity contribution in [3.05, 3.63) is 0 Å². The topological polar surface area (TPSA) is 95.9 Å². The molecule has 0 bridgehead atoms. The second-order valence-corrected chi connectivity index (χ2v) is 6.63. The summed E-state index contributed by atoms with van der Waals surface area (Å²) >= 11 is 0. The smallest absolute Gasteiger partial charge is 0.317 e. The molecule has 2 N–H and O–H groups in total. The van der Waals surface area contributed by atoms with Crippen molar-refractivity contribution in [3.63, 3.8) is 0 Å². The molecule has 1 aliphatic heterocycles. The first kappa shape index (κ1) is 16.9. The fourth-order valence-electron chi connectivity index (χ4n) is 2.06. The van der Waals surface area contributed by atoms with E-state index >= 15 is 0 Å². The largest absolute Gasteiger partial charge is 0.481 e. The third-order valence-electron chi connectivity index (χ3n) is 3.48. The van der Waals surface area contributed by atoms with Gasteiger partial charge in [0.2, 0.25) is 0 Å². The lowest BCUT2D eigenvalue weighted by atomic mass is 10.0. The van der Waals surface area contributed by atoms with Crippen molar-refractivity contribution in [2.45, 2.75) is 25.1 Å². The lowest BCUT2D eigenvalue weighted by Gasteiger charge is -2.29. The van der Waals surface area contributed by atoms with E-state index in [1.165, 1.54) is 4.90 Å². The van der Waals surface area contributed by atoms with E-state index in [1.54, 1.807) is 20.1 Å². The number of urea groups is 1. The number of amides is 2. The third-order valence-corrected chi connectivity index (χ3v) is 4.78. The number of carboxylic acid groups (broad SMARTS) is 1. The maximum atomic E-state index is 12.1. The molecule has 0 aromatic heterocycles. The lowest BCUT2D eigenvalue weighted by Crippen LogP contribution is -2.51. The van der Waals surface area contributed by atoms with Crippen molar-refractivity contribution < 1.29 is 23.6 Å². The minimum atomic E-state index is -1.01. The average molecular weight is 306 g/mol. The fraction of sp³-hybridized carbons (Fsp3) is 0.833. The van der Waals surface area contributed by atoms with E-state index in [0.717, 1.165) is 0 Å². The molecule has 20 heavy (non-hydrogen) atoms. The third kappa shape index (κ3) is 4.17. The zero-order valence-corrected chi connectivity index (χ0v) is 12.8. The number of aliphatic carboxylic acids is 1. The summed E-state index contributed by atoms with van der Waals surface area (Å²) in [7, 11) is -1.01. The number of hydrogen-bond acceptors (Lipinski definition) is 4. The predicted molar refractivity (Wildman–Crippen MR) is 75.0 cm³/mol. The number of likely N-dealkylation sites (N-methyl/N-ethyl adjacent to an activating group) is 1. The van der Waals surface area contributed by atoms with Gasteiger partial charge in [-0.1, -0.05) is 0 Å². The second kappa shape index (κ2) is 7.58. The molecule has 0 aromatic rings. The Morgan fingerprint density at radius 2 is 2.15 bits per heavy atom. The molecule has 8 heteroatoms. The van der Waals surface area contributed by atoms with Crippen LogP contribution in [-0.2, 0) is 20.3 Å². The van der Waals surface area contributed by atoms with E-state index < -0.39 is 28.7 Å². The number of hydrogen-bond donors (Lipinski definition) is 2. The van der Waals surface area contributed by atoms with Crippen LogP contribution in [0.15, 0.2) is 0 Å². The summed E-state index contributed by atoms with van der Waals surface area (Å²) in [5.74, 6) is -1.65. The van der Waals surface area contributed by atoms with Crippen molar-refractivity contribution in [2.24, 2.45) is 5.92 Å². The SMILES string of the molecule is CCN(C(=O)NCC(C)S(C)=O)C1COCC1C(=O)O. The van der Waals surface area contributed by atoms with Crippen LogP contribution in [0.2, 0.25) is 0 Å². The molecular formula is C12H22N2O5S. The van der Waals surface area contributed by atoms with Crippen molar-refractivity contribution in [1.82, 2.24) is 10.2 Å². The number of carbonyl (C=O) groups is 2. The maximum Gasteiger partial charge on any atom is 0.317 e. The molecule has 4 atom stereocenters. The second-order valence-electron chi connectivity index (χ2n) is 4.83. The Kier molecular flexibility index (Phi) is 6.41. The molecule has 0 aromatic carbocycles. The Morgan fingerprint density at radius 1 is 1.50 bits per heavy atom. The lowest BCUT2D eigenvalue weighted by molar-refractivity contribution is -0.142. The van der Waals surface area contributed by atoms with Gasteiger partial charge in [-0.05, 0) is 13.8 Å². The Balaban J connectivity index is 2.63. The number of carbonyl (C=O) groups excluding carboxylic acids is 1. The van der Waals surface area contributed by atoms with Gasteiger partial charge in [-0.3, -0.25) is 9.00 Å². The molecule has 2 amide bonds. The fourth-order valence-corrected chi connectivity index (χ4v) is 2.38. The number of nitrogens with zero attached hydrogens (tertiary/aromatic N) is 1. The van der Waals surface area contributed by atoms with Crippen molar-refractivity contribution in [1.29, 1.82) is 0 Å². The minimum Gasteiger partial charge on any atom is -0.481 e. The van der Waals surface area contributed by atoms with Crippen LogP contribution in [0.25, 0.3) is 0 Å². The predicted octanol–water partition coefficient (Wildman–Crippen LogP) is -0.115. The van der Waals surface area contributed by atoms with Crippen LogP contribution in [0.5, 0.6) is 0 Å².